The summed E-state index contributed by atoms with van der Waals surface area (Å²) in [4.78, 5) is 21.8. The number of hydrogen-bond donors (Lipinski definition) is 1. The fourth-order valence-electron chi connectivity index (χ4n) is 2.87. The number of nitrogens with one attached hydrogen (secondary N) is 1. The van der Waals surface area contributed by atoms with Crippen molar-refractivity contribution in [2.75, 3.05) is 32.5 Å². The number of methoxy groups -OCH3 is 1. The molecule has 1 fully saturated rings. The van der Waals surface area contributed by atoms with Gasteiger partial charge < -0.3 is 14.6 Å². The third-order valence-electron chi connectivity index (χ3n) is 4.20. The van der Waals surface area contributed by atoms with Gasteiger partial charge in [0, 0.05) is 23.9 Å². The highest BCUT2D eigenvalue weighted by Gasteiger charge is 2.10. The van der Waals surface area contributed by atoms with E-state index in [9.17, 15) is 4.79 Å². The number of benzene rings is 1. The van der Waals surface area contributed by atoms with Crippen molar-refractivity contribution >= 4 is 11.8 Å². The van der Waals surface area contributed by atoms with Gasteiger partial charge in [-0.25, -0.2) is 4.98 Å². The quantitative estimate of drug-likeness (QED) is 0.644. The highest BCUT2D eigenvalue weighted by molar-refractivity contribution is 7.99. The average Bonchev–Trinajstić information content (AvgIpc) is 2.62. The van der Waals surface area contributed by atoms with Crippen LogP contribution in [0.25, 0.3) is 11.3 Å². The molecule has 1 aromatic heterocycles. The molecule has 0 atom stereocenters. The number of ether oxygens (including phenoxy) is 1. The lowest BCUT2D eigenvalue weighted by Crippen LogP contribution is -2.31. The Hall–Kier alpha value is -1.79. The first-order valence-corrected chi connectivity index (χ1v) is 9.34. The first-order chi connectivity index (χ1) is 11.7. The van der Waals surface area contributed by atoms with Crippen LogP contribution in [0.15, 0.2) is 40.3 Å². The molecule has 0 spiro atoms. The third-order valence-corrected chi connectivity index (χ3v) is 5.05. The standard InChI is InChI=1S/C18H23N3O2S/c1-23-15-7-5-14(6-8-15)16-13-17(22)20-18(19-16)24-12-11-21-9-3-2-4-10-21/h5-8,13H,2-4,9-12H2,1H3,(H,19,20,22). The molecule has 0 aliphatic carbocycles. The molecule has 0 unspecified atom stereocenters. The summed E-state index contributed by atoms with van der Waals surface area (Å²) in [7, 11) is 1.64. The van der Waals surface area contributed by atoms with Crippen LogP contribution in [-0.2, 0) is 0 Å². The van der Waals surface area contributed by atoms with Gasteiger partial charge in [-0.05, 0) is 50.2 Å². The van der Waals surface area contributed by atoms with Crippen LogP contribution in [0.2, 0.25) is 0 Å². The van der Waals surface area contributed by atoms with Crippen LogP contribution in [0.5, 0.6) is 5.75 Å². The number of hydrogen-bond acceptors (Lipinski definition) is 5. The number of aromatic nitrogens is 2. The van der Waals surface area contributed by atoms with Crippen molar-refractivity contribution in [3.8, 4) is 17.0 Å². The minimum absolute atomic E-state index is 0.115. The fourth-order valence-corrected chi connectivity index (χ4v) is 3.75. The van der Waals surface area contributed by atoms with E-state index in [-0.39, 0.29) is 5.56 Å². The molecular formula is C18H23N3O2S. The number of H-pyrrole nitrogens is 1. The Morgan fingerprint density at radius 1 is 1.21 bits per heavy atom. The summed E-state index contributed by atoms with van der Waals surface area (Å²) in [6.45, 7) is 3.42. The van der Waals surface area contributed by atoms with Crippen molar-refractivity contribution in [2.24, 2.45) is 0 Å². The normalized spacial score (nSPS) is 15.4. The molecule has 0 amide bonds. The molecule has 128 valence electrons. The molecule has 5 nitrogen and oxygen atoms in total. The molecule has 1 aliphatic heterocycles. The number of likely N-dealkylation sites (tertiary alicyclic amines) is 1. The Balaban J connectivity index is 1.65. The Kier molecular flexibility index (Phi) is 5.93. The monoisotopic (exact) mass is 345 g/mol. The van der Waals surface area contributed by atoms with Gasteiger partial charge in [0.15, 0.2) is 5.16 Å². The molecule has 1 N–H and O–H groups in total. The highest BCUT2D eigenvalue weighted by atomic mass is 32.2. The van der Waals surface area contributed by atoms with Crippen molar-refractivity contribution in [3.05, 3.63) is 40.7 Å². The van der Waals surface area contributed by atoms with Crippen LogP contribution in [0.1, 0.15) is 19.3 Å². The van der Waals surface area contributed by atoms with Crippen molar-refractivity contribution < 1.29 is 4.74 Å². The molecule has 2 aromatic rings. The lowest BCUT2D eigenvalue weighted by molar-refractivity contribution is 0.242. The molecule has 2 heterocycles. The van der Waals surface area contributed by atoms with Gasteiger partial charge in [0.05, 0.1) is 12.8 Å². The second kappa shape index (κ2) is 8.35. The smallest absolute Gasteiger partial charge is 0.252 e. The van der Waals surface area contributed by atoms with Crippen LogP contribution in [0, 0.1) is 0 Å². The Morgan fingerprint density at radius 2 is 1.96 bits per heavy atom. The maximum Gasteiger partial charge on any atom is 0.252 e. The number of thioether (sulfide) groups is 1. The molecule has 3 rings (SSSR count). The predicted molar refractivity (Wildman–Crippen MR) is 97.9 cm³/mol. The van der Waals surface area contributed by atoms with Crippen molar-refractivity contribution in [1.82, 2.24) is 14.9 Å². The predicted octanol–water partition coefficient (Wildman–Crippen LogP) is 3.02. The zero-order valence-electron chi connectivity index (χ0n) is 14.0. The Morgan fingerprint density at radius 3 is 2.67 bits per heavy atom. The second-order valence-electron chi connectivity index (χ2n) is 5.92. The van der Waals surface area contributed by atoms with Crippen LogP contribution in [0.3, 0.4) is 0 Å². The van der Waals surface area contributed by atoms with Gasteiger partial charge in [-0.3, -0.25) is 4.79 Å². The summed E-state index contributed by atoms with van der Waals surface area (Å²) in [5.41, 5.74) is 1.50. The van der Waals surface area contributed by atoms with E-state index in [2.05, 4.69) is 14.9 Å². The van der Waals surface area contributed by atoms with E-state index in [1.165, 1.54) is 38.4 Å². The van der Waals surface area contributed by atoms with Gasteiger partial charge in [-0.1, -0.05) is 18.2 Å². The first kappa shape index (κ1) is 17.0. The van der Waals surface area contributed by atoms with Gasteiger partial charge in [0.25, 0.3) is 5.56 Å². The zero-order valence-corrected chi connectivity index (χ0v) is 14.8. The highest BCUT2D eigenvalue weighted by Crippen LogP contribution is 2.22. The van der Waals surface area contributed by atoms with E-state index in [1.54, 1.807) is 18.9 Å². The van der Waals surface area contributed by atoms with Crippen LogP contribution >= 0.6 is 11.8 Å². The van der Waals surface area contributed by atoms with Gasteiger partial charge in [0.1, 0.15) is 5.75 Å². The second-order valence-corrected chi connectivity index (χ2v) is 7.00. The molecular weight excluding hydrogens is 322 g/mol. The molecule has 1 aliphatic rings. The molecule has 1 aromatic carbocycles. The molecule has 0 radical (unpaired) electrons. The summed E-state index contributed by atoms with van der Waals surface area (Å²) < 4.78 is 5.17. The van der Waals surface area contributed by atoms with Gasteiger partial charge in [-0.2, -0.15) is 0 Å². The van der Waals surface area contributed by atoms with Crippen molar-refractivity contribution in [2.45, 2.75) is 24.4 Å². The van der Waals surface area contributed by atoms with Gasteiger partial charge in [0.2, 0.25) is 0 Å². The number of piperidine rings is 1. The summed E-state index contributed by atoms with van der Waals surface area (Å²) >= 11 is 1.61. The summed E-state index contributed by atoms with van der Waals surface area (Å²) in [5.74, 6) is 1.73. The summed E-state index contributed by atoms with van der Waals surface area (Å²) in [6, 6.07) is 9.13. The van der Waals surface area contributed by atoms with Crippen molar-refractivity contribution in [1.29, 1.82) is 0 Å². The van der Waals surface area contributed by atoms with E-state index in [0.29, 0.717) is 10.9 Å². The fraction of sp³-hybridized carbons (Fsp3) is 0.444. The van der Waals surface area contributed by atoms with E-state index in [0.717, 1.165) is 23.6 Å². The van der Waals surface area contributed by atoms with Gasteiger partial charge in [-0.15, -0.1) is 0 Å². The lowest BCUT2D eigenvalue weighted by atomic mass is 10.1. The lowest BCUT2D eigenvalue weighted by Gasteiger charge is -2.25. The Bertz CT molecular complexity index is 709. The van der Waals surface area contributed by atoms with E-state index < -0.39 is 0 Å². The number of nitrogens with zero attached hydrogens (tertiary/aromatic N) is 2. The topological polar surface area (TPSA) is 58.2 Å². The Labute approximate surface area is 146 Å². The van der Waals surface area contributed by atoms with Crippen LogP contribution in [0.4, 0.5) is 0 Å². The molecule has 24 heavy (non-hydrogen) atoms. The summed E-state index contributed by atoms with van der Waals surface area (Å²) in [6.07, 6.45) is 3.95. The SMILES string of the molecule is COc1ccc(-c2cc(=O)[nH]c(SCCN3CCCCC3)n2)cc1. The summed E-state index contributed by atoms with van der Waals surface area (Å²) in [5, 5.41) is 0.685. The zero-order chi connectivity index (χ0) is 16.8. The first-order valence-electron chi connectivity index (χ1n) is 8.35. The number of rotatable bonds is 6. The van der Waals surface area contributed by atoms with Crippen LogP contribution in [-0.4, -0.2) is 47.4 Å². The van der Waals surface area contributed by atoms with E-state index in [4.69, 9.17) is 4.74 Å². The molecule has 0 bridgehead atoms. The minimum atomic E-state index is -0.115. The van der Waals surface area contributed by atoms with Crippen LogP contribution < -0.4 is 10.3 Å². The minimum Gasteiger partial charge on any atom is -0.497 e. The van der Waals surface area contributed by atoms with Gasteiger partial charge >= 0.3 is 0 Å². The molecule has 6 heteroatoms. The van der Waals surface area contributed by atoms with E-state index in [1.807, 2.05) is 24.3 Å². The largest absolute Gasteiger partial charge is 0.497 e. The number of aromatic amines is 1. The van der Waals surface area contributed by atoms with E-state index >= 15 is 0 Å². The molecule has 1 saturated heterocycles. The maximum absolute atomic E-state index is 11.9. The average molecular weight is 345 g/mol. The maximum atomic E-state index is 11.9. The molecule has 0 saturated carbocycles. The van der Waals surface area contributed by atoms with Crippen molar-refractivity contribution in [3.63, 3.8) is 0 Å². The third kappa shape index (κ3) is 4.61.